The van der Waals surface area contributed by atoms with Gasteiger partial charge in [0, 0.05) is 18.1 Å². The number of hydrogen-bond donors (Lipinski definition) is 1. The van der Waals surface area contributed by atoms with Gasteiger partial charge in [0.2, 0.25) is 5.82 Å². The summed E-state index contributed by atoms with van der Waals surface area (Å²) in [4.78, 5) is 25.6. The molecule has 0 saturated heterocycles. The molecule has 1 aromatic heterocycles. The quantitative estimate of drug-likeness (QED) is 0.594. The first kappa shape index (κ1) is 18.8. The van der Waals surface area contributed by atoms with Gasteiger partial charge in [-0.1, -0.05) is 23.2 Å². The Bertz CT molecular complexity index is 884. The number of carbonyl (C=O) groups excluding carboxylic acids is 2. The summed E-state index contributed by atoms with van der Waals surface area (Å²) in [5.41, 5.74) is 0.221. The molecule has 2 aromatic rings. The smallest absolute Gasteiger partial charge is 0.325 e. The maximum Gasteiger partial charge on any atom is 0.381 e. The maximum absolute atomic E-state index is 13.2. The van der Waals surface area contributed by atoms with Crippen molar-refractivity contribution in [3.05, 3.63) is 39.9 Å². The SMILES string of the molecule is O=C(Nc1ccc(Cl)cc1Cl)C(=O)N1CCn2c(nnc2C(F)(F)Cl)C1. The van der Waals surface area contributed by atoms with Crippen molar-refractivity contribution < 1.29 is 18.4 Å². The van der Waals surface area contributed by atoms with Crippen LogP contribution in [0.5, 0.6) is 0 Å². The number of halogens is 5. The van der Waals surface area contributed by atoms with Crippen LogP contribution in [0.25, 0.3) is 0 Å². The van der Waals surface area contributed by atoms with Crippen LogP contribution in [0.15, 0.2) is 18.2 Å². The molecule has 0 atom stereocenters. The normalized spacial score (nSPS) is 14.1. The minimum atomic E-state index is -3.67. The predicted octanol–water partition coefficient (Wildman–Crippen LogP) is 2.85. The lowest BCUT2D eigenvalue weighted by molar-refractivity contribution is -0.144. The molecular formula is C14H10Cl3F2N5O2. The Morgan fingerprint density at radius 3 is 2.58 bits per heavy atom. The zero-order chi connectivity index (χ0) is 19.1. The van der Waals surface area contributed by atoms with Gasteiger partial charge < -0.3 is 14.8 Å². The molecule has 1 aliphatic heterocycles. The number of fused-ring (bicyclic) bond motifs is 1. The van der Waals surface area contributed by atoms with Crippen LogP contribution in [-0.4, -0.2) is 38.0 Å². The van der Waals surface area contributed by atoms with Crippen molar-refractivity contribution in [2.24, 2.45) is 0 Å². The number of alkyl halides is 3. The van der Waals surface area contributed by atoms with Crippen molar-refractivity contribution in [3.8, 4) is 0 Å². The Balaban J connectivity index is 1.71. The molecule has 0 radical (unpaired) electrons. The highest BCUT2D eigenvalue weighted by Gasteiger charge is 2.38. The Labute approximate surface area is 160 Å². The Hall–Kier alpha value is -1.97. The summed E-state index contributed by atoms with van der Waals surface area (Å²) in [6.07, 6.45) is 0. The number of hydrogen-bond acceptors (Lipinski definition) is 4. The third kappa shape index (κ3) is 3.74. The molecule has 26 heavy (non-hydrogen) atoms. The van der Waals surface area contributed by atoms with E-state index in [2.05, 4.69) is 15.5 Å². The van der Waals surface area contributed by atoms with Crippen LogP contribution in [-0.2, 0) is 28.1 Å². The van der Waals surface area contributed by atoms with Crippen molar-refractivity contribution >= 4 is 52.3 Å². The number of nitrogens with zero attached hydrogens (tertiary/aromatic N) is 4. The lowest BCUT2D eigenvalue weighted by atomic mass is 10.3. The molecule has 1 N–H and O–H groups in total. The minimum Gasteiger partial charge on any atom is -0.325 e. The van der Waals surface area contributed by atoms with Crippen LogP contribution < -0.4 is 5.32 Å². The van der Waals surface area contributed by atoms with Gasteiger partial charge in [-0.05, 0) is 29.8 Å². The largest absolute Gasteiger partial charge is 0.381 e. The van der Waals surface area contributed by atoms with E-state index < -0.39 is 23.0 Å². The van der Waals surface area contributed by atoms with E-state index >= 15 is 0 Å². The molecule has 0 bridgehead atoms. The molecule has 12 heteroatoms. The van der Waals surface area contributed by atoms with E-state index in [1.807, 2.05) is 0 Å². The van der Waals surface area contributed by atoms with Gasteiger partial charge in [0.25, 0.3) is 0 Å². The summed E-state index contributed by atoms with van der Waals surface area (Å²) in [5.74, 6) is -2.37. The molecule has 2 heterocycles. The first-order valence-electron chi connectivity index (χ1n) is 7.21. The van der Waals surface area contributed by atoms with Gasteiger partial charge in [-0.25, -0.2) is 0 Å². The first-order valence-corrected chi connectivity index (χ1v) is 8.35. The monoisotopic (exact) mass is 423 g/mol. The van der Waals surface area contributed by atoms with Crippen LogP contribution in [0, 0.1) is 0 Å². The van der Waals surface area contributed by atoms with Crippen molar-refractivity contribution in [3.63, 3.8) is 0 Å². The topological polar surface area (TPSA) is 80.1 Å². The van der Waals surface area contributed by atoms with Crippen LogP contribution >= 0.6 is 34.8 Å². The molecule has 7 nitrogen and oxygen atoms in total. The summed E-state index contributed by atoms with van der Waals surface area (Å²) < 4.78 is 27.6. The van der Waals surface area contributed by atoms with Gasteiger partial charge in [0.05, 0.1) is 17.3 Å². The van der Waals surface area contributed by atoms with Crippen molar-refractivity contribution in [1.29, 1.82) is 0 Å². The Morgan fingerprint density at radius 2 is 1.92 bits per heavy atom. The summed E-state index contributed by atoms with van der Waals surface area (Å²) in [5, 5.41) is 6.23. The van der Waals surface area contributed by atoms with Crippen molar-refractivity contribution in [2.45, 2.75) is 18.5 Å². The van der Waals surface area contributed by atoms with Crippen molar-refractivity contribution in [1.82, 2.24) is 19.7 Å². The number of amides is 2. The Kier molecular flexibility index (Phi) is 5.05. The molecule has 0 saturated carbocycles. The zero-order valence-corrected chi connectivity index (χ0v) is 15.1. The Morgan fingerprint density at radius 1 is 1.19 bits per heavy atom. The number of nitrogens with one attached hydrogen (secondary N) is 1. The van der Waals surface area contributed by atoms with Crippen LogP contribution in [0.1, 0.15) is 11.6 Å². The van der Waals surface area contributed by atoms with E-state index in [9.17, 15) is 18.4 Å². The average molecular weight is 425 g/mol. The molecular weight excluding hydrogens is 415 g/mol. The van der Waals surface area contributed by atoms with E-state index in [1.165, 1.54) is 23.1 Å². The standard InChI is InChI=1S/C14H10Cl3F2N5O2/c15-7-1-2-9(8(16)5-7)20-11(25)12(26)23-3-4-24-10(6-23)21-22-13(24)14(17,18)19/h1-2,5H,3-4,6H2,(H,20,25). The third-order valence-corrected chi connectivity index (χ3v) is 4.38. The lowest BCUT2D eigenvalue weighted by Gasteiger charge is -2.27. The molecule has 1 aromatic carbocycles. The molecule has 0 fully saturated rings. The van der Waals surface area contributed by atoms with Crippen LogP contribution in [0.3, 0.4) is 0 Å². The van der Waals surface area contributed by atoms with Gasteiger partial charge in [-0.3, -0.25) is 9.59 Å². The zero-order valence-electron chi connectivity index (χ0n) is 12.8. The number of benzene rings is 1. The van der Waals surface area contributed by atoms with Gasteiger partial charge >= 0.3 is 17.2 Å². The molecule has 3 rings (SSSR count). The average Bonchev–Trinajstić information content (AvgIpc) is 3.00. The fraction of sp³-hybridized carbons (Fsp3) is 0.286. The third-order valence-electron chi connectivity index (χ3n) is 3.67. The predicted molar refractivity (Wildman–Crippen MR) is 90.3 cm³/mol. The number of aromatic nitrogens is 3. The van der Waals surface area contributed by atoms with Crippen molar-refractivity contribution in [2.75, 3.05) is 11.9 Å². The van der Waals surface area contributed by atoms with Gasteiger partial charge in [0.15, 0.2) is 5.82 Å². The summed E-state index contributed by atoms with van der Waals surface area (Å²) in [7, 11) is 0. The van der Waals surface area contributed by atoms with Gasteiger partial charge in [0.1, 0.15) is 0 Å². The van der Waals surface area contributed by atoms with E-state index in [4.69, 9.17) is 34.8 Å². The van der Waals surface area contributed by atoms with E-state index in [0.29, 0.717) is 5.02 Å². The molecule has 0 aliphatic carbocycles. The highest BCUT2D eigenvalue weighted by atomic mass is 35.5. The van der Waals surface area contributed by atoms with Gasteiger partial charge in [-0.15, -0.1) is 10.2 Å². The number of rotatable bonds is 2. The summed E-state index contributed by atoms with van der Waals surface area (Å²) in [6.45, 7) is -0.146. The first-order chi connectivity index (χ1) is 12.2. The van der Waals surface area contributed by atoms with Crippen LogP contribution in [0.2, 0.25) is 10.0 Å². The fourth-order valence-electron chi connectivity index (χ4n) is 2.45. The van der Waals surface area contributed by atoms with E-state index in [1.54, 1.807) is 0 Å². The summed E-state index contributed by atoms with van der Waals surface area (Å²) >= 11 is 16.7. The molecule has 138 valence electrons. The second-order valence-corrected chi connectivity index (χ2v) is 6.71. The van der Waals surface area contributed by atoms with E-state index in [0.717, 1.165) is 4.57 Å². The van der Waals surface area contributed by atoms with Gasteiger partial charge in [-0.2, -0.15) is 8.78 Å². The second kappa shape index (κ2) is 6.98. The molecule has 1 aliphatic rings. The number of anilines is 1. The van der Waals surface area contributed by atoms with E-state index in [-0.39, 0.29) is 36.2 Å². The lowest BCUT2D eigenvalue weighted by Crippen LogP contribution is -2.44. The highest BCUT2D eigenvalue weighted by molar-refractivity contribution is 6.42. The van der Waals surface area contributed by atoms with Crippen LogP contribution in [0.4, 0.5) is 14.5 Å². The molecule has 2 amide bonds. The maximum atomic E-state index is 13.2. The second-order valence-electron chi connectivity index (χ2n) is 5.39. The summed E-state index contributed by atoms with van der Waals surface area (Å²) in [6, 6.07) is 4.38. The highest BCUT2D eigenvalue weighted by Crippen LogP contribution is 2.32. The molecule has 0 unspecified atom stereocenters. The molecule has 0 spiro atoms. The minimum absolute atomic E-state index is 0.0132. The number of carbonyl (C=O) groups is 2. The fourth-order valence-corrected chi connectivity index (χ4v) is 3.05.